The van der Waals surface area contributed by atoms with E-state index in [1.54, 1.807) is 7.11 Å². The number of anilines is 1. The molecule has 3 heteroatoms. The van der Waals surface area contributed by atoms with E-state index in [1.165, 1.54) is 5.56 Å². The second-order valence-electron chi connectivity index (χ2n) is 10.8. The zero-order valence-corrected chi connectivity index (χ0v) is 19.4. The monoisotopic (exact) mass is 393 g/mol. The molecule has 29 heavy (non-hydrogen) atoms. The normalized spacial score (nSPS) is 16.2. The van der Waals surface area contributed by atoms with Gasteiger partial charge in [-0.05, 0) is 65.1 Å². The highest BCUT2D eigenvalue weighted by atomic mass is 16.5. The van der Waals surface area contributed by atoms with E-state index in [0.717, 1.165) is 28.1 Å². The summed E-state index contributed by atoms with van der Waals surface area (Å²) in [6, 6.07) is 12.8. The molecule has 0 atom stereocenters. The van der Waals surface area contributed by atoms with Crippen LogP contribution in [0.25, 0.3) is 0 Å². The Kier molecular flexibility index (Phi) is 5.09. The molecule has 0 unspecified atom stereocenters. The fourth-order valence-corrected chi connectivity index (χ4v) is 4.08. The lowest BCUT2D eigenvalue weighted by Gasteiger charge is -2.25. The summed E-state index contributed by atoms with van der Waals surface area (Å²) < 4.78 is 5.57. The minimum Gasteiger partial charge on any atom is -0.496 e. The minimum atomic E-state index is -0.518. The Balaban J connectivity index is 2.03. The third kappa shape index (κ3) is 3.80. The van der Waals surface area contributed by atoms with Crippen LogP contribution < -0.4 is 9.64 Å². The van der Waals surface area contributed by atoms with Gasteiger partial charge in [-0.15, -0.1) is 0 Å². The molecule has 2 aromatic rings. The fraction of sp³-hybridized carbons (Fsp3) is 0.500. The molecular formula is C26H35NO2. The van der Waals surface area contributed by atoms with Gasteiger partial charge in [0.15, 0.2) is 0 Å². The summed E-state index contributed by atoms with van der Waals surface area (Å²) in [5.41, 5.74) is 5.20. The summed E-state index contributed by atoms with van der Waals surface area (Å²) in [5.74, 6) is 1.05. The zero-order chi connectivity index (χ0) is 21.8. The van der Waals surface area contributed by atoms with Gasteiger partial charge in [-0.3, -0.25) is 4.79 Å². The van der Waals surface area contributed by atoms with Crippen molar-refractivity contribution in [1.82, 2.24) is 0 Å². The van der Waals surface area contributed by atoms with E-state index in [-0.39, 0.29) is 16.7 Å². The highest BCUT2D eigenvalue weighted by Crippen LogP contribution is 2.44. The Bertz CT molecular complexity index is 942. The summed E-state index contributed by atoms with van der Waals surface area (Å²) in [5, 5.41) is 0. The Morgan fingerprint density at radius 3 is 2.14 bits per heavy atom. The number of carbonyl (C=O) groups excluding carboxylic acids is 1. The topological polar surface area (TPSA) is 29.5 Å². The maximum atomic E-state index is 13.4. The van der Waals surface area contributed by atoms with Gasteiger partial charge in [-0.1, -0.05) is 59.7 Å². The molecule has 0 radical (unpaired) electrons. The van der Waals surface area contributed by atoms with Gasteiger partial charge in [0.2, 0.25) is 5.91 Å². The molecule has 156 valence electrons. The number of methoxy groups -OCH3 is 1. The van der Waals surface area contributed by atoms with Crippen molar-refractivity contribution < 1.29 is 9.53 Å². The molecule has 1 heterocycles. The van der Waals surface area contributed by atoms with Gasteiger partial charge in [-0.25, -0.2) is 0 Å². The van der Waals surface area contributed by atoms with Gasteiger partial charge in [0, 0.05) is 5.69 Å². The van der Waals surface area contributed by atoms with Crippen molar-refractivity contribution in [3.8, 4) is 5.75 Å². The number of rotatable bonds is 3. The third-order valence-corrected chi connectivity index (χ3v) is 6.02. The first-order valence-corrected chi connectivity index (χ1v) is 10.4. The SMILES string of the molecule is COc1ccc(CN2C(=O)C(C)(C)c3cc(C(C)(C)C)ccc32)cc1C(C)(C)C. The largest absolute Gasteiger partial charge is 0.496 e. The van der Waals surface area contributed by atoms with Crippen molar-refractivity contribution in [3.05, 3.63) is 58.7 Å². The van der Waals surface area contributed by atoms with Gasteiger partial charge in [0.25, 0.3) is 0 Å². The first-order valence-electron chi connectivity index (χ1n) is 10.4. The van der Waals surface area contributed by atoms with E-state index in [4.69, 9.17) is 4.74 Å². The highest BCUT2D eigenvalue weighted by Gasteiger charge is 2.44. The van der Waals surface area contributed by atoms with Crippen molar-refractivity contribution >= 4 is 11.6 Å². The molecule has 0 bridgehead atoms. The molecule has 0 saturated carbocycles. The van der Waals surface area contributed by atoms with Crippen LogP contribution in [0.2, 0.25) is 0 Å². The van der Waals surface area contributed by atoms with Crippen molar-refractivity contribution in [1.29, 1.82) is 0 Å². The predicted molar refractivity (Wildman–Crippen MR) is 121 cm³/mol. The molecule has 0 aliphatic carbocycles. The van der Waals surface area contributed by atoms with Gasteiger partial charge in [0.05, 0.1) is 19.1 Å². The molecule has 1 amide bonds. The Labute approximate surface area is 176 Å². The van der Waals surface area contributed by atoms with E-state index >= 15 is 0 Å². The van der Waals surface area contributed by atoms with E-state index in [2.05, 4.69) is 71.9 Å². The molecule has 0 spiro atoms. The van der Waals surface area contributed by atoms with Crippen molar-refractivity contribution in [3.63, 3.8) is 0 Å². The van der Waals surface area contributed by atoms with Crippen LogP contribution in [-0.2, 0) is 27.6 Å². The third-order valence-electron chi connectivity index (χ3n) is 6.02. The zero-order valence-electron chi connectivity index (χ0n) is 19.4. The Morgan fingerprint density at radius 2 is 1.59 bits per heavy atom. The van der Waals surface area contributed by atoms with Crippen LogP contribution >= 0.6 is 0 Å². The Hall–Kier alpha value is -2.29. The van der Waals surface area contributed by atoms with Crippen LogP contribution in [-0.4, -0.2) is 13.0 Å². The van der Waals surface area contributed by atoms with Gasteiger partial charge in [0.1, 0.15) is 5.75 Å². The molecule has 2 aromatic carbocycles. The number of amides is 1. The van der Waals surface area contributed by atoms with Crippen LogP contribution in [0.3, 0.4) is 0 Å². The molecule has 3 nitrogen and oxygen atoms in total. The Morgan fingerprint density at radius 1 is 0.931 bits per heavy atom. The summed E-state index contributed by atoms with van der Waals surface area (Å²) in [6.07, 6.45) is 0. The average Bonchev–Trinajstić information content (AvgIpc) is 2.81. The quantitative estimate of drug-likeness (QED) is 0.629. The minimum absolute atomic E-state index is 0.0326. The van der Waals surface area contributed by atoms with Crippen molar-refractivity contribution in [2.45, 2.75) is 78.2 Å². The molecule has 0 saturated heterocycles. The van der Waals surface area contributed by atoms with Gasteiger partial charge < -0.3 is 9.64 Å². The lowest BCUT2D eigenvalue weighted by Crippen LogP contribution is -2.35. The molecule has 0 aromatic heterocycles. The van der Waals surface area contributed by atoms with Crippen LogP contribution in [0.4, 0.5) is 5.69 Å². The number of benzene rings is 2. The molecule has 3 rings (SSSR count). The lowest BCUT2D eigenvalue weighted by atomic mass is 9.80. The fourth-order valence-electron chi connectivity index (χ4n) is 4.08. The second kappa shape index (κ2) is 6.90. The van der Waals surface area contributed by atoms with Crippen LogP contribution in [0, 0.1) is 0 Å². The maximum Gasteiger partial charge on any atom is 0.237 e. The summed E-state index contributed by atoms with van der Waals surface area (Å²) in [6.45, 7) is 17.8. The first kappa shape index (κ1) is 21.4. The molecule has 0 N–H and O–H groups in total. The predicted octanol–water partition coefficient (Wildman–Crippen LogP) is 6.11. The summed E-state index contributed by atoms with van der Waals surface area (Å²) >= 11 is 0. The molecular weight excluding hydrogens is 358 g/mol. The van der Waals surface area contributed by atoms with Crippen molar-refractivity contribution in [2.75, 3.05) is 12.0 Å². The number of ether oxygens (including phenoxy) is 1. The maximum absolute atomic E-state index is 13.4. The highest BCUT2D eigenvalue weighted by molar-refractivity contribution is 6.07. The standard InChI is InChI=1S/C26H35NO2/c1-24(2,3)18-11-12-21-19(15-18)26(7,8)23(28)27(21)16-17-10-13-22(29-9)20(14-17)25(4,5)6/h10-15H,16H2,1-9H3. The first-order chi connectivity index (χ1) is 13.3. The number of hydrogen-bond acceptors (Lipinski definition) is 2. The lowest BCUT2D eigenvalue weighted by molar-refractivity contribution is -0.122. The van der Waals surface area contributed by atoms with E-state index in [9.17, 15) is 4.79 Å². The molecule has 0 fully saturated rings. The summed E-state index contributed by atoms with van der Waals surface area (Å²) in [7, 11) is 1.71. The van der Waals surface area contributed by atoms with Gasteiger partial charge in [-0.2, -0.15) is 0 Å². The average molecular weight is 394 g/mol. The van der Waals surface area contributed by atoms with E-state index in [1.807, 2.05) is 24.8 Å². The smallest absolute Gasteiger partial charge is 0.237 e. The van der Waals surface area contributed by atoms with Gasteiger partial charge >= 0.3 is 0 Å². The molecule has 1 aliphatic rings. The van der Waals surface area contributed by atoms with E-state index in [0.29, 0.717) is 6.54 Å². The second-order valence-corrected chi connectivity index (χ2v) is 10.8. The van der Waals surface area contributed by atoms with Crippen molar-refractivity contribution in [2.24, 2.45) is 0 Å². The van der Waals surface area contributed by atoms with Crippen LogP contribution in [0.5, 0.6) is 5.75 Å². The number of nitrogens with zero attached hydrogens (tertiary/aromatic N) is 1. The number of hydrogen-bond donors (Lipinski definition) is 0. The van der Waals surface area contributed by atoms with E-state index < -0.39 is 5.41 Å². The number of carbonyl (C=O) groups is 1. The number of fused-ring (bicyclic) bond motifs is 1. The van der Waals surface area contributed by atoms with Crippen LogP contribution in [0.15, 0.2) is 36.4 Å². The molecule has 1 aliphatic heterocycles. The summed E-state index contributed by atoms with van der Waals surface area (Å²) in [4.78, 5) is 15.3. The van der Waals surface area contributed by atoms with Crippen LogP contribution in [0.1, 0.15) is 77.6 Å².